The molecule has 2 unspecified atom stereocenters. The van der Waals surface area contributed by atoms with E-state index in [1.54, 1.807) is 17.0 Å². The number of morpholine rings is 1. The van der Waals surface area contributed by atoms with Crippen molar-refractivity contribution in [2.75, 3.05) is 32.8 Å². The zero-order valence-electron chi connectivity index (χ0n) is 18.9. The number of aromatic nitrogens is 2. The van der Waals surface area contributed by atoms with Crippen molar-refractivity contribution in [3.63, 3.8) is 0 Å². The summed E-state index contributed by atoms with van der Waals surface area (Å²) < 4.78 is 7.27. The topological polar surface area (TPSA) is 87.9 Å². The van der Waals surface area contributed by atoms with Crippen LogP contribution < -0.4 is 5.56 Å². The lowest BCUT2D eigenvalue weighted by molar-refractivity contribution is -0.137. The normalized spacial score (nSPS) is 27.1. The quantitative estimate of drug-likeness (QED) is 0.773. The van der Waals surface area contributed by atoms with Crippen LogP contribution >= 0.6 is 0 Å². The molecule has 8 heteroatoms. The Balaban J connectivity index is 1.38. The van der Waals surface area contributed by atoms with Crippen LogP contribution in [0.3, 0.4) is 0 Å². The number of carbonyl (C=O) groups excluding carboxylic acids is 1. The van der Waals surface area contributed by atoms with Gasteiger partial charge in [0.15, 0.2) is 0 Å². The molecule has 1 N–H and O–H groups in total. The first-order valence-electron chi connectivity index (χ1n) is 11.9. The molecule has 3 heterocycles. The third-order valence-corrected chi connectivity index (χ3v) is 7.90. The summed E-state index contributed by atoms with van der Waals surface area (Å²) >= 11 is 0. The van der Waals surface area contributed by atoms with Crippen LogP contribution in [-0.2, 0) is 11.3 Å². The summed E-state index contributed by atoms with van der Waals surface area (Å²) in [6.07, 6.45) is 8.72. The number of aliphatic hydroxyl groups is 1. The van der Waals surface area contributed by atoms with Gasteiger partial charge in [0, 0.05) is 37.4 Å². The summed E-state index contributed by atoms with van der Waals surface area (Å²) in [5, 5.41) is 11.9. The molecular weight excluding hydrogens is 420 g/mol. The summed E-state index contributed by atoms with van der Waals surface area (Å²) in [5.74, 6) is 0. The number of urea groups is 1. The summed E-state index contributed by atoms with van der Waals surface area (Å²) in [6, 6.07) is 9.94. The second-order valence-corrected chi connectivity index (χ2v) is 9.71. The average Bonchev–Trinajstić information content (AvgIpc) is 3.33. The van der Waals surface area contributed by atoms with E-state index in [1.807, 2.05) is 40.1 Å². The van der Waals surface area contributed by atoms with Crippen molar-refractivity contribution in [2.45, 2.75) is 50.3 Å². The van der Waals surface area contributed by atoms with Gasteiger partial charge in [-0.1, -0.05) is 43.2 Å². The van der Waals surface area contributed by atoms with Crippen molar-refractivity contribution >= 4 is 6.03 Å². The van der Waals surface area contributed by atoms with E-state index in [0.717, 1.165) is 31.2 Å². The van der Waals surface area contributed by atoms with E-state index in [0.29, 0.717) is 39.3 Å². The third kappa shape index (κ3) is 4.06. The lowest BCUT2D eigenvalue weighted by Crippen LogP contribution is -2.64. The maximum absolute atomic E-state index is 13.8. The number of piperidine rings is 1. The summed E-state index contributed by atoms with van der Waals surface area (Å²) in [4.78, 5) is 33.8. The minimum absolute atomic E-state index is 0.0153. The molecule has 2 atom stereocenters. The maximum Gasteiger partial charge on any atom is 0.320 e. The Morgan fingerprint density at radius 2 is 1.94 bits per heavy atom. The highest BCUT2D eigenvalue weighted by atomic mass is 16.5. The Kier molecular flexibility index (Phi) is 5.97. The number of hydrogen-bond donors (Lipinski definition) is 1. The van der Waals surface area contributed by atoms with Crippen LogP contribution in [0.2, 0.25) is 0 Å². The molecule has 1 aromatic carbocycles. The molecule has 2 amide bonds. The van der Waals surface area contributed by atoms with E-state index < -0.39 is 11.0 Å². The van der Waals surface area contributed by atoms with Gasteiger partial charge in [-0.3, -0.25) is 9.78 Å². The molecule has 3 aliphatic rings. The Bertz CT molecular complexity index is 1040. The Morgan fingerprint density at radius 1 is 1.15 bits per heavy atom. The maximum atomic E-state index is 13.8. The van der Waals surface area contributed by atoms with Gasteiger partial charge >= 0.3 is 6.03 Å². The van der Waals surface area contributed by atoms with Gasteiger partial charge in [-0.25, -0.2) is 4.79 Å². The average molecular weight is 453 g/mol. The first kappa shape index (κ1) is 22.1. The van der Waals surface area contributed by atoms with E-state index in [9.17, 15) is 14.7 Å². The lowest BCUT2D eigenvalue weighted by atomic mass is 9.66. The number of nitrogens with zero attached hydrogens (tertiary/aromatic N) is 4. The zero-order valence-corrected chi connectivity index (χ0v) is 18.9. The second kappa shape index (κ2) is 8.91. The highest BCUT2D eigenvalue weighted by Crippen LogP contribution is 2.51. The molecule has 2 aliphatic heterocycles. The third-order valence-electron chi connectivity index (χ3n) is 7.90. The first-order valence-corrected chi connectivity index (χ1v) is 11.9. The first-order chi connectivity index (χ1) is 16.0. The van der Waals surface area contributed by atoms with Crippen molar-refractivity contribution in [1.29, 1.82) is 0 Å². The highest BCUT2D eigenvalue weighted by molar-refractivity contribution is 5.75. The van der Waals surface area contributed by atoms with Gasteiger partial charge < -0.3 is 24.2 Å². The van der Waals surface area contributed by atoms with E-state index in [1.165, 1.54) is 6.20 Å². The minimum Gasteiger partial charge on any atom is -0.387 e. The molecule has 5 rings (SSSR count). The fourth-order valence-corrected chi connectivity index (χ4v) is 6.01. The number of amides is 2. The van der Waals surface area contributed by atoms with Crippen LogP contribution in [0, 0.1) is 5.41 Å². The van der Waals surface area contributed by atoms with Crippen molar-refractivity contribution in [3.05, 3.63) is 64.8 Å². The lowest BCUT2D eigenvalue weighted by Gasteiger charge is -2.53. The zero-order chi connectivity index (χ0) is 22.9. The fraction of sp³-hybridized carbons (Fsp3) is 0.560. The standard InChI is InChI=1S/C25H32N4O4/c30-22-16-26-11-13-27(22)19-25(32)10-12-28(18-24(25)8-4-5-9-24)23(31)29-14-15-33-17-21(29)20-6-2-1-3-7-20/h1-3,6-7,11,13,16,21,32H,4-5,8-10,12,14-15,17-19H2. The molecule has 0 radical (unpaired) electrons. The molecule has 3 fully saturated rings. The minimum atomic E-state index is -1.03. The van der Waals surface area contributed by atoms with Crippen molar-refractivity contribution in [3.8, 4) is 0 Å². The van der Waals surface area contributed by atoms with Gasteiger partial charge in [0.25, 0.3) is 5.56 Å². The number of hydrogen-bond acceptors (Lipinski definition) is 5. The van der Waals surface area contributed by atoms with Crippen molar-refractivity contribution < 1.29 is 14.6 Å². The predicted octanol–water partition coefficient (Wildman–Crippen LogP) is 2.43. The van der Waals surface area contributed by atoms with Gasteiger partial charge in [0.1, 0.15) is 0 Å². The van der Waals surface area contributed by atoms with Gasteiger partial charge in [-0.05, 0) is 24.8 Å². The molecule has 0 bridgehead atoms. The van der Waals surface area contributed by atoms with Gasteiger partial charge in [-0.15, -0.1) is 0 Å². The molecule has 1 aromatic heterocycles. The highest BCUT2D eigenvalue weighted by Gasteiger charge is 2.56. The molecule has 1 spiro atoms. The molecule has 2 saturated heterocycles. The summed E-state index contributed by atoms with van der Waals surface area (Å²) in [5.41, 5.74) is -0.573. The van der Waals surface area contributed by atoms with Gasteiger partial charge in [-0.2, -0.15) is 0 Å². The summed E-state index contributed by atoms with van der Waals surface area (Å²) in [6.45, 7) is 2.79. The van der Waals surface area contributed by atoms with Crippen LogP contribution in [0.15, 0.2) is 53.7 Å². The number of likely N-dealkylation sites (tertiary alicyclic amines) is 1. The van der Waals surface area contributed by atoms with Gasteiger partial charge in [0.05, 0.1) is 37.6 Å². The number of rotatable bonds is 3. The van der Waals surface area contributed by atoms with E-state index >= 15 is 0 Å². The van der Waals surface area contributed by atoms with E-state index in [-0.39, 0.29) is 24.2 Å². The SMILES string of the molecule is O=C(N1CCC(O)(Cn2ccncc2=O)C2(CCCC2)C1)N1CCOCC1c1ccccc1. The molecular formula is C25H32N4O4. The van der Waals surface area contributed by atoms with E-state index in [4.69, 9.17) is 4.74 Å². The number of ether oxygens (including phenoxy) is 1. The Labute approximate surface area is 193 Å². The molecule has 2 aromatic rings. The summed E-state index contributed by atoms with van der Waals surface area (Å²) in [7, 11) is 0. The predicted molar refractivity (Wildman–Crippen MR) is 123 cm³/mol. The monoisotopic (exact) mass is 452 g/mol. The number of benzene rings is 1. The molecule has 1 saturated carbocycles. The molecule has 8 nitrogen and oxygen atoms in total. The largest absolute Gasteiger partial charge is 0.387 e. The second-order valence-electron chi connectivity index (χ2n) is 9.71. The van der Waals surface area contributed by atoms with Crippen molar-refractivity contribution in [1.82, 2.24) is 19.4 Å². The fourth-order valence-electron chi connectivity index (χ4n) is 6.01. The van der Waals surface area contributed by atoms with Crippen LogP contribution in [0.1, 0.15) is 43.7 Å². The van der Waals surface area contributed by atoms with Crippen LogP contribution in [0.25, 0.3) is 0 Å². The molecule has 1 aliphatic carbocycles. The van der Waals surface area contributed by atoms with Crippen molar-refractivity contribution in [2.24, 2.45) is 5.41 Å². The van der Waals surface area contributed by atoms with Crippen LogP contribution in [0.4, 0.5) is 4.79 Å². The van der Waals surface area contributed by atoms with E-state index in [2.05, 4.69) is 4.98 Å². The van der Waals surface area contributed by atoms with Crippen LogP contribution in [-0.4, -0.2) is 68.9 Å². The molecule has 176 valence electrons. The molecule has 33 heavy (non-hydrogen) atoms. The number of carbonyl (C=O) groups is 1. The van der Waals surface area contributed by atoms with Crippen LogP contribution in [0.5, 0.6) is 0 Å². The Morgan fingerprint density at radius 3 is 2.70 bits per heavy atom. The smallest absolute Gasteiger partial charge is 0.320 e. The van der Waals surface area contributed by atoms with Gasteiger partial charge in [0.2, 0.25) is 0 Å². The Hall–Kier alpha value is -2.71.